The maximum Gasteiger partial charge on any atom is 0.573 e. The lowest BCUT2D eigenvalue weighted by Gasteiger charge is -2.21. The van der Waals surface area contributed by atoms with Crippen LogP contribution < -0.4 is 15.8 Å². The molecule has 2 rings (SSSR count). The monoisotopic (exact) mass is 319 g/mol. The van der Waals surface area contributed by atoms with Gasteiger partial charge in [0.05, 0.1) is 26.4 Å². The van der Waals surface area contributed by atoms with Crippen molar-refractivity contribution in [3.8, 4) is 5.75 Å². The summed E-state index contributed by atoms with van der Waals surface area (Å²) in [4.78, 5) is 4.09. The van der Waals surface area contributed by atoms with Crippen LogP contribution in [0.4, 0.5) is 18.9 Å². The smallest absolute Gasteiger partial charge is 0.406 e. The van der Waals surface area contributed by atoms with Gasteiger partial charge in [-0.3, -0.25) is 4.99 Å². The standard InChI is InChI=1S/C13H16F3N3O3/c14-13(15,16)22-10-3-1-9(2-4-10)19-12(17)18-7-11-8-20-5-6-21-11/h1-4,11H,5-8H2,(H3,17,18,19). The Balaban J connectivity index is 1.84. The van der Waals surface area contributed by atoms with E-state index in [1.54, 1.807) is 0 Å². The molecule has 1 atom stereocenters. The van der Waals surface area contributed by atoms with Gasteiger partial charge in [-0.2, -0.15) is 0 Å². The third-order valence-corrected chi connectivity index (χ3v) is 2.71. The van der Waals surface area contributed by atoms with Crippen LogP contribution in [0.3, 0.4) is 0 Å². The Bertz CT molecular complexity index is 499. The van der Waals surface area contributed by atoms with Gasteiger partial charge in [-0.15, -0.1) is 13.2 Å². The number of hydrogen-bond donors (Lipinski definition) is 2. The van der Waals surface area contributed by atoms with Crippen LogP contribution in [0.2, 0.25) is 0 Å². The Morgan fingerprint density at radius 1 is 1.32 bits per heavy atom. The molecule has 0 radical (unpaired) electrons. The van der Waals surface area contributed by atoms with Crippen molar-refractivity contribution >= 4 is 11.6 Å². The van der Waals surface area contributed by atoms with E-state index < -0.39 is 6.36 Å². The molecule has 0 aliphatic carbocycles. The summed E-state index contributed by atoms with van der Waals surface area (Å²) in [6.45, 7) is 1.89. The summed E-state index contributed by atoms with van der Waals surface area (Å²) in [6, 6.07) is 5.18. The van der Waals surface area contributed by atoms with Gasteiger partial charge < -0.3 is 25.3 Å². The van der Waals surface area contributed by atoms with Gasteiger partial charge in [0.15, 0.2) is 5.96 Å². The third kappa shape index (κ3) is 5.78. The van der Waals surface area contributed by atoms with E-state index in [9.17, 15) is 13.2 Å². The normalized spacial score (nSPS) is 19.8. The fraction of sp³-hybridized carbons (Fsp3) is 0.462. The first-order valence-electron chi connectivity index (χ1n) is 6.54. The molecule has 1 aromatic rings. The molecule has 9 heteroatoms. The highest BCUT2D eigenvalue weighted by atomic mass is 19.4. The molecule has 1 heterocycles. The SMILES string of the molecule is NC(=NCC1COCCO1)Nc1ccc(OC(F)(F)F)cc1. The van der Waals surface area contributed by atoms with Crippen molar-refractivity contribution in [2.24, 2.45) is 10.7 Å². The highest BCUT2D eigenvalue weighted by molar-refractivity contribution is 5.92. The number of rotatable bonds is 4. The Morgan fingerprint density at radius 3 is 2.64 bits per heavy atom. The lowest BCUT2D eigenvalue weighted by Crippen LogP contribution is -2.32. The van der Waals surface area contributed by atoms with E-state index in [4.69, 9.17) is 15.2 Å². The predicted molar refractivity (Wildman–Crippen MR) is 73.8 cm³/mol. The van der Waals surface area contributed by atoms with Gasteiger partial charge in [-0.05, 0) is 24.3 Å². The molecular weight excluding hydrogens is 303 g/mol. The number of nitrogens with one attached hydrogen (secondary N) is 1. The molecule has 0 spiro atoms. The lowest BCUT2D eigenvalue weighted by molar-refractivity contribution is -0.274. The number of aliphatic imine (C=N–C) groups is 1. The Morgan fingerprint density at radius 2 is 2.05 bits per heavy atom. The summed E-state index contributed by atoms with van der Waals surface area (Å²) in [7, 11) is 0. The van der Waals surface area contributed by atoms with E-state index in [1.807, 2.05) is 0 Å². The molecule has 22 heavy (non-hydrogen) atoms. The second-order valence-electron chi connectivity index (χ2n) is 4.49. The molecule has 122 valence electrons. The molecule has 0 amide bonds. The zero-order valence-corrected chi connectivity index (χ0v) is 11.6. The summed E-state index contributed by atoms with van der Waals surface area (Å²) in [5.74, 6) is -0.167. The molecule has 1 aliphatic rings. The molecule has 3 N–H and O–H groups in total. The zero-order valence-electron chi connectivity index (χ0n) is 11.6. The summed E-state index contributed by atoms with van der Waals surface area (Å²) in [6.07, 6.45) is -4.85. The van der Waals surface area contributed by atoms with Gasteiger partial charge in [0.2, 0.25) is 0 Å². The number of halogens is 3. The van der Waals surface area contributed by atoms with E-state index in [2.05, 4.69) is 15.0 Å². The van der Waals surface area contributed by atoms with E-state index in [0.717, 1.165) is 0 Å². The lowest BCUT2D eigenvalue weighted by atomic mass is 10.3. The highest BCUT2D eigenvalue weighted by Gasteiger charge is 2.30. The van der Waals surface area contributed by atoms with Crippen LogP contribution in [0, 0.1) is 0 Å². The average Bonchev–Trinajstić information content (AvgIpc) is 2.47. The van der Waals surface area contributed by atoms with Crippen LogP contribution in [-0.2, 0) is 9.47 Å². The number of nitrogens with two attached hydrogens (primary N) is 1. The van der Waals surface area contributed by atoms with Crippen molar-refractivity contribution in [3.05, 3.63) is 24.3 Å². The number of guanidine groups is 1. The topological polar surface area (TPSA) is 78.1 Å². The molecule has 1 aliphatic heterocycles. The van der Waals surface area contributed by atoms with Crippen LogP contribution in [0.25, 0.3) is 0 Å². The zero-order chi connectivity index (χ0) is 16.0. The van der Waals surface area contributed by atoms with E-state index in [-0.39, 0.29) is 17.8 Å². The molecule has 1 unspecified atom stereocenters. The molecular formula is C13H16F3N3O3. The molecule has 1 aromatic carbocycles. The van der Waals surface area contributed by atoms with Crippen molar-refractivity contribution in [2.45, 2.75) is 12.5 Å². The van der Waals surface area contributed by atoms with Gasteiger partial charge in [-0.1, -0.05) is 0 Å². The maximum absolute atomic E-state index is 12.0. The summed E-state index contributed by atoms with van der Waals surface area (Å²) in [5, 5.41) is 2.77. The van der Waals surface area contributed by atoms with Gasteiger partial charge in [0.1, 0.15) is 11.9 Å². The van der Waals surface area contributed by atoms with Crippen molar-refractivity contribution in [2.75, 3.05) is 31.7 Å². The van der Waals surface area contributed by atoms with Crippen molar-refractivity contribution in [1.29, 1.82) is 0 Å². The molecule has 0 aromatic heterocycles. The molecule has 6 nitrogen and oxygen atoms in total. The minimum atomic E-state index is -4.71. The fourth-order valence-electron chi connectivity index (χ4n) is 1.77. The Kier molecular flexibility index (Phi) is 5.45. The number of hydrogen-bond acceptors (Lipinski definition) is 4. The minimum absolute atomic E-state index is 0.138. The average molecular weight is 319 g/mol. The van der Waals surface area contributed by atoms with Crippen LogP contribution in [0.1, 0.15) is 0 Å². The maximum atomic E-state index is 12.0. The van der Waals surface area contributed by atoms with Crippen LogP contribution in [-0.4, -0.2) is 44.8 Å². The minimum Gasteiger partial charge on any atom is -0.406 e. The molecule has 0 saturated carbocycles. The number of nitrogens with zero attached hydrogens (tertiary/aromatic N) is 1. The van der Waals surface area contributed by atoms with Crippen LogP contribution in [0.15, 0.2) is 29.3 Å². The third-order valence-electron chi connectivity index (χ3n) is 2.71. The summed E-state index contributed by atoms with van der Waals surface area (Å²) >= 11 is 0. The van der Waals surface area contributed by atoms with Crippen molar-refractivity contribution < 1.29 is 27.4 Å². The Hall–Kier alpha value is -2.00. The first-order chi connectivity index (χ1) is 10.4. The van der Waals surface area contributed by atoms with Crippen molar-refractivity contribution in [1.82, 2.24) is 0 Å². The number of ether oxygens (including phenoxy) is 3. The first kappa shape index (κ1) is 16.4. The van der Waals surface area contributed by atoms with Gasteiger partial charge in [0.25, 0.3) is 0 Å². The molecule has 1 saturated heterocycles. The highest BCUT2D eigenvalue weighted by Crippen LogP contribution is 2.23. The molecule has 0 bridgehead atoms. The van der Waals surface area contributed by atoms with E-state index >= 15 is 0 Å². The predicted octanol–water partition coefficient (Wildman–Crippen LogP) is 1.73. The number of benzene rings is 1. The Labute approximate surface area is 125 Å². The van der Waals surface area contributed by atoms with Gasteiger partial charge >= 0.3 is 6.36 Å². The summed E-state index contributed by atoms with van der Waals surface area (Å²) in [5.41, 5.74) is 6.19. The second kappa shape index (κ2) is 7.32. The van der Waals surface area contributed by atoms with Gasteiger partial charge in [0, 0.05) is 5.69 Å². The van der Waals surface area contributed by atoms with Gasteiger partial charge in [-0.25, -0.2) is 0 Å². The first-order valence-corrected chi connectivity index (χ1v) is 6.54. The van der Waals surface area contributed by atoms with E-state index in [0.29, 0.717) is 32.1 Å². The number of alkyl halides is 3. The quantitative estimate of drug-likeness (QED) is 0.653. The van der Waals surface area contributed by atoms with Crippen molar-refractivity contribution in [3.63, 3.8) is 0 Å². The van der Waals surface area contributed by atoms with Crippen LogP contribution in [0.5, 0.6) is 5.75 Å². The number of anilines is 1. The summed E-state index contributed by atoms with van der Waals surface area (Å²) < 4.78 is 50.5. The fourth-order valence-corrected chi connectivity index (χ4v) is 1.77. The second-order valence-corrected chi connectivity index (χ2v) is 4.49. The van der Waals surface area contributed by atoms with Crippen LogP contribution >= 0.6 is 0 Å². The largest absolute Gasteiger partial charge is 0.573 e. The van der Waals surface area contributed by atoms with E-state index in [1.165, 1.54) is 24.3 Å². The molecule has 1 fully saturated rings.